The van der Waals surface area contributed by atoms with Crippen molar-refractivity contribution < 1.29 is 14.3 Å². The topological polar surface area (TPSA) is 62.2 Å². The Kier molecular flexibility index (Phi) is 4.64. The maximum absolute atomic E-state index is 13.1. The second-order valence-electron chi connectivity index (χ2n) is 4.35. The number of hydrogen-bond acceptors (Lipinski definition) is 3. The third kappa shape index (κ3) is 3.88. The molecule has 1 amide bonds. The first-order chi connectivity index (χ1) is 10.1. The SMILES string of the molecule is Cc1ccc(NC(=O)c2cncc(F)c2)c(C#CCO)c1. The normalized spacial score (nSPS) is 9.67. The molecule has 0 unspecified atom stereocenters. The van der Waals surface area contributed by atoms with Crippen molar-refractivity contribution >= 4 is 11.6 Å². The van der Waals surface area contributed by atoms with E-state index >= 15 is 0 Å². The predicted molar refractivity (Wildman–Crippen MR) is 77.3 cm³/mol. The number of hydrogen-bond donors (Lipinski definition) is 2. The summed E-state index contributed by atoms with van der Waals surface area (Å²) < 4.78 is 13.1. The van der Waals surface area contributed by atoms with Gasteiger partial charge in [-0.1, -0.05) is 17.9 Å². The highest BCUT2D eigenvalue weighted by molar-refractivity contribution is 6.04. The zero-order valence-electron chi connectivity index (χ0n) is 11.4. The Morgan fingerprint density at radius 2 is 2.19 bits per heavy atom. The molecule has 0 radical (unpaired) electrons. The molecule has 1 aromatic heterocycles. The molecule has 1 aromatic carbocycles. The van der Waals surface area contributed by atoms with Crippen LogP contribution in [0.5, 0.6) is 0 Å². The number of nitrogens with zero attached hydrogens (tertiary/aromatic N) is 1. The number of aromatic nitrogens is 1. The van der Waals surface area contributed by atoms with E-state index in [9.17, 15) is 9.18 Å². The van der Waals surface area contributed by atoms with Crippen molar-refractivity contribution in [1.29, 1.82) is 0 Å². The van der Waals surface area contributed by atoms with Crippen molar-refractivity contribution in [3.05, 3.63) is 59.2 Å². The molecule has 0 fully saturated rings. The highest BCUT2D eigenvalue weighted by Crippen LogP contribution is 2.17. The number of pyridine rings is 1. The standard InChI is InChI=1S/C16H13FN2O2/c1-11-4-5-15(12(7-11)3-2-6-20)19-16(21)13-8-14(17)10-18-9-13/h4-5,7-10,20H,6H2,1H3,(H,19,21). The Morgan fingerprint density at radius 1 is 1.38 bits per heavy atom. The van der Waals surface area contributed by atoms with Crippen LogP contribution in [0.2, 0.25) is 0 Å². The van der Waals surface area contributed by atoms with Gasteiger partial charge in [0.25, 0.3) is 5.91 Å². The summed E-state index contributed by atoms with van der Waals surface area (Å²) in [6.45, 7) is 1.63. The van der Waals surface area contributed by atoms with E-state index < -0.39 is 11.7 Å². The van der Waals surface area contributed by atoms with Gasteiger partial charge in [-0.3, -0.25) is 9.78 Å². The van der Waals surface area contributed by atoms with Gasteiger partial charge in [-0.05, 0) is 30.7 Å². The molecule has 0 spiro atoms. The zero-order chi connectivity index (χ0) is 15.2. The molecule has 5 heteroatoms. The third-order valence-electron chi connectivity index (χ3n) is 2.69. The summed E-state index contributed by atoms with van der Waals surface area (Å²) in [5.74, 6) is 4.25. The van der Waals surface area contributed by atoms with Gasteiger partial charge in [-0.15, -0.1) is 0 Å². The van der Waals surface area contributed by atoms with Gasteiger partial charge >= 0.3 is 0 Å². The number of amides is 1. The minimum atomic E-state index is -0.577. The van der Waals surface area contributed by atoms with Gasteiger partial charge in [0, 0.05) is 11.8 Å². The van der Waals surface area contributed by atoms with Gasteiger partial charge in [-0.25, -0.2) is 4.39 Å². The Balaban J connectivity index is 2.29. The highest BCUT2D eigenvalue weighted by atomic mass is 19.1. The molecule has 2 N–H and O–H groups in total. The molecule has 0 atom stereocenters. The molecule has 0 saturated heterocycles. The molecule has 2 rings (SSSR count). The lowest BCUT2D eigenvalue weighted by molar-refractivity contribution is 0.102. The molecule has 1 heterocycles. The molecular formula is C16H13FN2O2. The van der Waals surface area contributed by atoms with Crippen LogP contribution in [0.15, 0.2) is 36.7 Å². The fourth-order valence-corrected chi connectivity index (χ4v) is 1.74. The average molecular weight is 284 g/mol. The zero-order valence-corrected chi connectivity index (χ0v) is 11.4. The minimum Gasteiger partial charge on any atom is -0.384 e. The smallest absolute Gasteiger partial charge is 0.257 e. The summed E-state index contributed by atoms with van der Waals surface area (Å²) >= 11 is 0. The molecule has 2 aromatic rings. The molecule has 4 nitrogen and oxygen atoms in total. The first-order valence-electron chi connectivity index (χ1n) is 6.22. The maximum atomic E-state index is 13.1. The van der Waals surface area contributed by atoms with Crippen LogP contribution in [0.3, 0.4) is 0 Å². The van der Waals surface area contributed by atoms with E-state index in [2.05, 4.69) is 22.1 Å². The number of aryl methyl sites for hydroxylation is 1. The van der Waals surface area contributed by atoms with Gasteiger partial charge in [0.2, 0.25) is 0 Å². The molecule has 0 saturated carbocycles. The monoisotopic (exact) mass is 284 g/mol. The van der Waals surface area contributed by atoms with Crippen molar-refractivity contribution in [3.8, 4) is 11.8 Å². The van der Waals surface area contributed by atoms with Crippen LogP contribution in [-0.2, 0) is 0 Å². The number of benzene rings is 1. The van der Waals surface area contributed by atoms with Crippen LogP contribution in [0.1, 0.15) is 21.5 Å². The number of carbonyl (C=O) groups is 1. The summed E-state index contributed by atoms with van der Waals surface area (Å²) in [7, 11) is 0. The number of aliphatic hydroxyl groups is 1. The van der Waals surface area contributed by atoms with Gasteiger partial charge < -0.3 is 10.4 Å². The van der Waals surface area contributed by atoms with E-state index in [-0.39, 0.29) is 12.2 Å². The second kappa shape index (κ2) is 6.64. The number of halogens is 1. The van der Waals surface area contributed by atoms with Crippen LogP contribution < -0.4 is 5.32 Å². The van der Waals surface area contributed by atoms with Gasteiger partial charge in [0.15, 0.2) is 0 Å². The molecule has 0 aliphatic heterocycles. The fourth-order valence-electron chi connectivity index (χ4n) is 1.74. The van der Waals surface area contributed by atoms with Crippen molar-refractivity contribution in [2.45, 2.75) is 6.92 Å². The summed E-state index contributed by atoms with van der Waals surface area (Å²) in [6.07, 6.45) is 2.31. The van der Waals surface area contributed by atoms with Crippen LogP contribution >= 0.6 is 0 Å². The van der Waals surface area contributed by atoms with E-state index in [0.717, 1.165) is 17.8 Å². The first kappa shape index (κ1) is 14.7. The highest BCUT2D eigenvalue weighted by Gasteiger charge is 2.10. The van der Waals surface area contributed by atoms with E-state index in [1.54, 1.807) is 12.1 Å². The number of carbonyl (C=O) groups excluding carboxylic acids is 1. The molecule has 0 bridgehead atoms. The van der Waals surface area contributed by atoms with Crippen LogP contribution in [-0.4, -0.2) is 22.6 Å². The molecule has 0 aliphatic rings. The summed E-state index contributed by atoms with van der Waals surface area (Å²) in [5.41, 5.74) is 2.18. The summed E-state index contributed by atoms with van der Waals surface area (Å²) in [6, 6.07) is 6.43. The fraction of sp³-hybridized carbons (Fsp3) is 0.125. The van der Waals surface area contributed by atoms with E-state index in [1.807, 2.05) is 13.0 Å². The van der Waals surface area contributed by atoms with Crippen LogP contribution in [0.4, 0.5) is 10.1 Å². The number of aliphatic hydroxyl groups excluding tert-OH is 1. The van der Waals surface area contributed by atoms with Crippen molar-refractivity contribution in [2.24, 2.45) is 0 Å². The Morgan fingerprint density at radius 3 is 2.90 bits per heavy atom. The van der Waals surface area contributed by atoms with Gasteiger partial charge in [0.05, 0.1) is 17.4 Å². The third-order valence-corrected chi connectivity index (χ3v) is 2.69. The van der Waals surface area contributed by atoms with E-state index in [4.69, 9.17) is 5.11 Å². The molecule has 21 heavy (non-hydrogen) atoms. The summed E-state index contributed by atoms with van der Waals surface area (Å²) in [4.78, 5) is 15.7. The Bertz CT molecular complexity index is 733. The predicted octanol–water partition coefficient (Wildman–Crippen LogP) is 2.13. The summed E-state index contributed by atoms with van der Waals surface area (Å²) in [5, 5.41) is 11.4. The number of anilines is 1. The molecular weight excluding hydrogens is 271 g/mol. The van der Waals surface area contributed by atoms with Crippen LogP contribution in [0, 0.1) is 24.6 Å². The number of rotatable bonds is 2. The van der Waals surface area contributed by atoms with Gasteiger partial charge in [0.1, 0.15) is 12.4 Å². The minimum absolute atomic E-state index is 0.122. The average Bonchev–Trinajstić information content (AvgIpc) is 2.47. The second-order valence-corrected chi connectivity index (χ2v) is 4.35. The lowest BCUT2D eigenvalue weighted by atomic mass is 10.1. The molecule has 106 valence electrons. The quantitative estimate of drug-likeness (QED) is 0.830. The number of nitrogens with one attached hydrogen (secondary N) is 1. The first-order valence-corrected chi connectivity index (χ1v) is 6.22. The van der Waals surface area contributed by atoms with Crippen molar-refractivity contribution in [1.82, 2.24) is 4.98 Å². The van der Waals surface area contributed by atoms with Gasteiger partial charge in [-0.2, -0.15) is 0 Å². The van der Waals surface area contributed by atoms with E-state index in [1.165, 1.54) is 6.20 Å². The lowest BCUT2D eigenvalue weighted by Crippen LogP contribution is -2.13. The Hall–Kier alpha value is -2.71. The van der Waals surface area contributed by atoms with Crippen molar-refractivity contribution in [2.75, 3.05) is 11.9 Å². The largest absolute Gasteiger partial charge is 0.384 e. The Labute approximate surface area is 121 Å². The molecule has 0 aliphatic carbocycles. The van der Waals surface area contributed by atoms with Crippen LogP contribution in [0.25, 0.3) is 0 Å². The lowest BCUT2D eigenvalue weighted by Gasteiger charge is -2.08. The van der Waals surface area contributed by atoms with E-state index in [0.29, 0.717) is 11.3 Å². The van der Waals surface area contributed by atoms with Crippen molar-refractivity contribution in [3.63, 3.8) is 0 Å². The maximum Gasteiger partial charge on any atom is 0.257 e.